The van der Waals surface area contributed by atoms with Crippen molar-refractivity contribution < 1.29 is 0 Å². The van der Waals surface area contributed by atoms with Gasteiger partial charge in [0.25, 0.3) is 0 Å². The standard InChI is InChI=1S/C15H20N2S/c1-11(2)15(14-5-4-6-18-14)17-10-13-7-12(3)8-16-9-13/h4-9,11,15,17H,10H2,1-3H3. The Hall–Kier alpha value is -1.19. The zero-order valence-corrected chi connectivity index (χ0v) is 12.0. The molecule has 0 aromatic carbocycles. The molecule has 2 rings (SSSR count). The predicted molar refractivity (Wildman–Crippen MR) is 77.7 cm³/mol. The van der Waals surface area contributed by atoms with Crippen LogP contribution in [-0.2, 0) is 6.54 Å². The Balaban J connectivity index is 2.03. The van der Waals surface area contributed by atoms with Gasteiger partial charge in [0.1, 0.15) is 0 Å². The molecule has 0 bridgehead atoms. The first kappa shape index (κ1) is 13.2. The highest BCUT2D eigenvalue weighted by molar-refractivity contribution is 7.10. The van der Waals surface area contributed by atoms with Crippen LogP contribution in [0.15, 0.2) is 36.0 Å². The Morgan fingerprint density at radius 1 is 1.33 bits per heavy atom. The molecular formula is C15H20N2S. The maximum atomic E-state index is 4.23. The second-order valence-electron chi connectivity index (χ2n) is 4.99. The van der Waals surface area contributed by atoms with Crippen molar-refractivity contribution in [2.24, 2.45) is 5.92 Å². The van der Waals surface area contributed by atoms with Crippen molar-refractivity contribution in [1.82, 2.24) is 10.3 Å². The summed E-state index contributed by atoms with van der Waals surface area (Å²) in [4.78, 5) is 5.64. The third-order valence-electron chi connectivity index (χ3n) is 2.97. The summed E-state index contributed by atoms with van der Waals surface area (Å²) in [7, 11) is 0. The van der Waals surface area contributed by atoms with Crippen LogP contribution in [0.1, 0.15) is 35.9 Å². The lowest BCUT2D eigenvalue weighted by molar-refractivity contribution is 0.416. The van der Waals surface area contributed by atoms with E-state index < -0.39 is 0 Å². The number of aryl methyl sites for hydroxylation is 1. The minimum absolute atomic E-state index is 0.422. The van der Waals surface area contributed by atoms with Gasteiger partial charge in [-0.05, 0) is 35.4 Å². The fourth-order valence-electron chi connectivity index (χ4n) is 2.08. The van der Waals surface area contributed by atoms with Crippen LogP contribution < -0.4 is 5.32 Å². The van der Waals surface area contributed by atoms with Gasteiger partial charge in [-0.15, -0.1) is 11.3 Å². The largest absolute Gasteiger partial charge is 0.305 e. The Labute approximate surface area is 113 Å². The van der Waals surface area contributed by atoms with Gasteiger partial charge in [0.15, 0.2) is 0 Å². The summed E-state index contributed by atoms with van der Waals surface area (Å²) in [5.41, 5.74) is 2.46. The Morgan fingerprint density at radius 2 is 2.17 bits per heavy atom. The molecule has 0 saturated heterocycles. The van der Waals surface area contributed by atoms with E-state index in [1.807, 2.05) is 23.7 Å². The third kappa shape index (κ3) is 3.40. The number of aromatic nitrogens is 1. The number of pyridine rings is 1. The van der Waals surface area contributed by atoms with Crippen molar-refractivity contribution in [1.29, 1.82) is 0 Å². The van der Waals surface area contributed by atoms with E-state index in [1.165, 1.54) is 16.0 Å². The molecule has 0 aliphatic rings. The van der Waals surface area contributed by atoms with Gasteiger partial charge in [-0.1, -0.05) is 26.0 Å². The molecular weight excluding hydrogens is 240 g/mol. The van der Waals surface area contributed by atoms with Gasteiger partial charge in [0, 0.05) is 29.9 Å². The summed E-state index contributed by atoms with van der Waals surface area (Å²) in [6.45, 7) is 7.46. The molecule has 2 aromatic heterocycles. The van der Waals surface area contributed by atoms with E-state index in [9.17, 15) is 0 Å². The van der Waals surface area contributed by atoms with E-state index in [2.05, 4.69) is 54.7 Å². The van der Waals surface area contributed by atoms with E-state index in [4.69, 9.17) is 0 Å². The number of thiophene rings is 1. The smallest absolute Gasteiger partial charge is 0.0440 e. The van der Waals surface area contributed by atoms with E-state index >= 15 is 0 Å². The van der Waals surface area contributed by atoms with Crippen LogP contribution >= 0.6 is 11.3 Å². The van der Waals surface area contributed by atoms with Crippen molar-refractivity contribution >= 4 is 11.3 Å². The maximum Gasteiger partial charge on any atom is 0.0440 e. The van der Waals surface area contributed by atoms with E-state index in [1.54, 1.807) is 0 Å². The van der Waals surface area contributed by atoms with E-state index in [0.717, 1.165) is 6.54 Å². The number of nitrogens with zero attached hydrogens (tertiary/aromatic N) is 1. The fourth-order valence-corrected chi connectivity index (χ4v) is 3.05. The molecule has 2 heterocycles. The maximum absolute atomic E-state index is 4.23. The van der Waals surface area contributed by atoms with Gasteiger partial charge < -0.3 is 5.32 Å². The molecule has 1 atom stereocenters. The Morgan fingerprint density at radius 3 is 2.78 bits per heavy atom. The molecule has 0 aliphatic heterocycles. The molecule has 1 unspecified atom stereocenters. The van der Waals surface area contributed by atoms with Crippen LogP contribution in [0, 0.1) is 12.8 Å². The van der Waals surface area contributed by atoms with Gasteiger partial charge in [-0.25, -0.2) is 0 Å². The van der Waals surface area contributed by atoms with Crippen molar-refractivity contribution in [2.45, 2.75) is 33.4 Å². The molecule has 96 valence electrons. The van der Waals surface area contributed by atoms with Gasteiger partial charge in [-0.3, -0.25) is 4.98 Å². The molecule has 2 aromatic rings. The molecule has 2 nitrogen and oxygen atoms in total. The molecule has 1 N–H and O–H groups in total. The van der Waals surface area contributed by atoms with Gasteiger partial charge in [0.05, 0.1) is 0 Å². The predicted octanol–water partition coefficient (Wildman–Crippen LogP) is 3.94. The lowest BCUT2D eigenvalue weighted by atomic mass is 10.0. The minimum atomic E-state index is 0.422. The summed E-state index contributed by atoms with van der Waals surface area (Å²) >= 11 is 1.82. The normalized spacial score (nSPS) is 12.9. The van der Waals surface area contributed by atoms with Crippen LogP contribution in [0.5, 0.6) is 0 Å². The number of nitrogens with one attached hydrogen (secondary N) is 1. The quantitative estimate of drug-likeness (QED) is 0.881. The van der Waals surface area contributed by atoms with Crippen LogP contribution in [-0.4, -0.2) is 4.98 Å². The zero-order chi connectivity index (χ0) is 13.0. The van der Waals surface area contributed by atoms with Crippen molar-refractivity contribution in [3.63, 3.8) is 0 Å². The van der Waals surface area contributed by atoms with Crippen molar-refractivity contribution in [3.8, 4) is 0 Å². The summed E-state index contributed by atoms with van der Waals surface area (Å²) < 4.78 is 0. The van der Waals surface area contributed by atoms with Crippen LogP contribution in [0.2, 0.25) is 0 Å². The van der Waals surface area contributed by atoms with Gasteiger partial charge in [-0.2, -0.15) is 0 Å². The second-order valence-corrected chi connectivity index (χ2v) is 5.97. The first-order valence-electron chi connectivity index (χ1n) is 6.34. The third-order valence-corrected chi connectivity index (χ3v) is 3.93. The van der Waals surface area contributed by atoms with Crippen LogP contribution in [0.3, 0.4) is 0 Å². The summed E-state index contributed by atoms with van der Waals surface area (Å²) in [5.74, 6) is 0.585. The molecule has 0 aliphatic carbocycles. The lowest BCUT2D eigenvalue weighted by Gasteiger charge is -2.21. The molecule has 18 heavy (non-hydrogen) atoms. The second kappa shape index (κ2) is 6.12. The SMILES string of the molecule is Cc1cncc(CNC(c2cccs2)C(C)C)c1. The monoisotopic (exact) mass is 260 g/mol. The highest BCUT2D eigenvalue weighted by Gasteiger charge is 2.15. The Bertz CT molecular complexity index is 477. The van der Waals surface area contributed by atoms with E-state index in [-0.39, 0.29) is 0 Å². The summed E-state index contributed by atoms with van der Waals surface area (Å²) in [6.07, 6.45) is 3.83. The summed E-state index contributed by atoms with van der Waals surface area (Å²) in [6, 6.07) is 6.93. The minimum Gasteiger partial charge on any atom is -0.305 e. The van der Waals surface area contributed by atoms with Gasteiger partial charge in [0.2, 0.25) is 0 Å². The molecule has 3 heteroatoms. The zero-order valence-electron chi connectivity index (χ0n) is 11.2. The summed E-state index contributed by atoms with van der Waals surface area (Å²) in [5, 5.41) is 5.78. The van der Waals surface area contributed by atoms with Gasteiger partial charge >= 0.3 is 0 Å². The molecule has 0 radical (unpaired) electrons. The lowest BCUT2D eigenvalue weighted by Crippen LogP contribution is -2.24. The Kier molecular flexibility index (Phi) is 4.50. The number of hydrogen-bond acceptors (Lipinski definition) is 3. The fraction of sp³-hybridized carbons (Fsp3) is 0.400. The average molecular weight is 260 g/mol. The molecule has 0 spiro atoms. The topological polar surface area (TPSA) is 24.9 Å². The van der Waals surface area contributed by atoms with E-state index in [0.29, 0.717) is 12.0 Å². The van der Waals surface area contributed by atoms with Crippen molar-refractivity contribution in [3.05, 3.63) is 52.0 Å². The average Bonchev–Trinajstić information content (AvgIpc) is 2.82. The van der Waals surface area contributed by atoms with Crippen LogP contribution in [0.4, 0.5) is 0 Å². The molecule has 0 amide bonds. The molecule has 0 fully saturated rings. The molecule has 0 saturated carbocycles. The first-order valence-corrected chi connectivity index (χ1v) is 7.22. The van der Waals surface area contributed by atoms with Crippen molar-refractivity contribution in [2.75, 3.05) is 0 Å². The number of hydrogen-bond donors (Lipinski definition) is 1. The first-order chi connectivity index (χ1) is 8.66. The highest BCUT2D eigenvalue weighted by Crippen LogP contribution is 2.26. The van der Waals surface area contributed by atoms with Crippen LogP contribution in [0.25, 0.3) is 0 Å². The highest BCUT2D eigenvalue weighted by atomic mass is 32.1. The number of rotatable bonds is 5.